The molecule has 198 valence electrons. The number of nitrogens with zero attached hydrogens (tertiary/aromatic N) is 1. The van der Waals surface area contributed by atoms with E-state index in [2.05, 4.69) is 22.8 Å². The summed E-state index contributed by atoms with van der Waals surface area (Å²) in [6.45, 7) is 2.40. The quantitative estimate of drug-likeness (QED) is 0.288. The maximum Gasteiger partial charge on any atom is 0.254 e. The number of hydrogen-bond donors (Lipinski definition) is 2. The summed E-state index contributed by atoms with van der Waals surface area (Å²) in [7, 11) is 0. The Labute approximate surface area is 229 Å². The zero-order valence-corrected chi connectivity index (χ0v) is 22.5. The van der Waals surface area contributed by atoms with Gasteiger partial charge in [-0.1, -0.05) is 60.5 Å². The Morgan fingerprint density at radius 3 is 2.47 bits per heavy atom. The highest BCUT2D eigenvalue weighted by atomic mass is 35.5. The molecule has 1 heterocycles. The summed E-state index contributed by atoms with van der Waals surface area (Å²) in [5.41, 5.74) is 3.88. The number of benzene rings is 3. The maximum atomic E-state index is 13.3. The van der Waals surface area contributed by atoms with Crippen molar-refractivity contribution >= 4 is 40.7 Å². The van der Waals surface area contributed by atoms with Gasteiger partial charge in [0.15, 0.2) is 0 Å². The minimum atomic E-state index is -0.559. The van der Waals surface area contributed by atoms with E-state index in [-0.39, 0.29) is 17.7 Å². The van der Waals surface area contributed by atoms with E-state index >= 15 is 0 Å². The molecular weight excluding hydrogens is 498 g/mol. The van der Waals surface area contributed by atoms with Crippen LogP contribution in [0.2, 0.25) is 5.02 Å². The molecule has 3 amide bonds. The van der Waals surface area contributed by atoms with Crippen LogP contribution in [-0.2, 0) is 16.0 Å². The molecule has 0 spiro atoms. The van der Waals surface area contributed by atoms with Crippen LogP contribution in [0.3, 0.4) is 0 Å². The van der Waals surface area contributed by atoms with Crippen molar-refractivity contribution < 1.29 is 14.4 Å². The highest BCUT2D eigenvalue weighted by molar-refractivity contribution is 6.31. The molecule has 6 nitrogen and oxygen atoms in total. The summed E-state index contributed by atoms with van der Waals surface area (Å²) in [5, 5.41) is 6.38. The number of anilines is 2. The Bertz CT molecular complexity index is 1280. The van der Waals surface area contributed by atoms with Gasteiger partial charge < -0.3 is 15.5 Å². The molecule has 1 saturated heterocycles. The first kappa shape index (κ1) is 27.4. The molecule has 1 atom stereocenters. The zero-order chi connectivity index (χ0) is 26.9. The van der Waals surface area contributed by atoms with Gasteiger partial charge in [0.25, 0.3) is 5.91 Å². The molecule has 3 aromatic rings. The standard InChI is InChI=1S/C31H34ClN3O3/c1-22-17-18-26(21-27(22)32)34-30(37)28-15-9-19-35(28)31(38)24-13-8-14-25(20-24)33-29(36)16-7-3-6-12-23-10-4-2-5-11-23/h2,4-5,8,10-11,13-14,17-18,20-21,28H,3,6-7,9,12,15-16,19H2,1H3,(H,33,36)(H,34,37)/t28-/m0/s1. The molecule has 3 aromatic carbocycles. The van der Waals surface area contributed by atoms with Gasteiger partial charge in [0.05, 0.1) is 0 Å². The predicted octanol–water partition coefficient (Wildman–Crippen LogP) is 6.63. The summed E-state index contributed by atoms with van der Waals surface area (Å²) in [6.07, 6.45) is 5.63. The van der Waals surface area contributed by atoms with Crippen LogP contribution in [0.15, 0.2) is 72.8 Å². The zero-order valence-electron chi connectivity index (χ0n) is 21.7. The van der Waals surface area contributed by atoms with E-state index in [0.717, 1.165) is 37.7 Å². The van der Waals surface area contributed by atoms with Crippen LogP contribution in [-0.4, -0.2) is 35.2 Å². The van der Waals surface area contributed by atoms with Gasteiger partial charge in [-0.3, -0.25) is 14.4 Å². The fourth-order valence-corrected chi connectivity index (χ4v) is 4.91. The van der Waals surface area contributed by atoms with Gasteiger partial charge in [-0.2, -0.15) is 0 Å². The number of rotatable bonds is 10. The summed E-state index contributed by atoms with van der Waals surface area (Å²) < 4.78 is 0. The van der Waals surface area contributed by atoms with E-state index < -0.39 is 6.04 Å². The van der Waals surface area contributed by atoms with Gasteiger partial charge in [0.1, 0.15) is 6.04 Å². The molecule has 2 N–H and O–H groups in total. The second kappa shape index (κ2) is 13.2. The van der Waals surface area contributed by atoms with Gasteiger partial charge in [-0.15, -0.1) is 0 Å². The number of amides is 3. The Kier molecular flexibility index (Phi) is 9.55. The number of unbranched alkanes of at least 4 members (excludes halogenated alkanes) is 2. The number of hydrogen-bond acceptors (Lipinski definition) is 3. The molecule has 7 heteroatoms. The Morgan fingerprint density at radius 2 is 1.68 bits per heavy atom. The van der Waals surface area contributed by atoms with Gasteiger partial charge >= 0.3 is 0 Å². The first-order chi connectivity index (χ1) is 18.4. The van der Waals surface area contributed by atoms with E-state index in [1.807, 2.05) is 31.2 Å². The molecule has 0 aliphatic carbocycles. The number of carbonyl (C=O) groups excluding carboxylic acids is 3. The smallest absolute Gasteiger partial charge is 0.254 e. The van der Waals surface area contributed by atoms with E-state index in [1.54, 1.807) is 41.3 Å². The van der Waals surface area contributed by atoms with Crippen molar-refractivity contribution in [3.63, 3.8) is 0 Å². The number of carbonyl (C=O) groups is 3. The third kappa shape index (κ3) is 7.45. The first-order valence-corrected chi connectivity index (χ1v) is 13.6. The van der Waals surface area contributed by atoms with Crippen LogP contribution < -0.4 is 10.6 Å². The van der Waals surface area contributed by atoms with Crippen molar-refractivity contribution in [2.24, 2.45) is 0 Å². The van der Waals surface area contributed by atoms with Crippen molar-refractivity contribution in [1.29, 1.82) is 0 Å². The van der Waals surface area contributed by atoms with Gasteiger partial charge in [0.2, 0.25) is 11.8 Å². The minimum Gasteiger partial charge on any atom is -0.327 e. The van der Waals surface area contributed by atoms with Crippen molar-refractivity contribution in [3.05, 3.63) is 94.5 Å². The molecule has 1 aliphatic heterocycles. The number of aryl methyl sites for hydroxylation is 2. The molecule has 0 unspecified atom stereocenters. The molecule has 1 fully saturated rings. The molecule has 0 saturated carbocycles. The maximum absolute atomic E-state index is 13.3. The number of nitrogens with one attached hydrogen (secondary N) is 2. The predicted molar refractivity (Wildman–Crippen MR) is 153 cm³/mol. The van der Waals surface area contributed by atoms with Crippen molar-refractivity contribution in [2.45, 2.75) is 57.9 Å². The summed E-state index contributed by atoms with van der Waals surface area (Å²) in [5.74, 6) is -0.515. The van der Waals surface area contributed by atoms with E-state index in [1.165, 1.54) is 5.56 Å². The van der Waals surface area contributed by atoms with E-state index in [4.69, 9.17) is 11.6 Å². The molecule has 4 rings (SSSR count). The Hall–Kier alpha value is -3.64. The third-order valence-corrected chi connectivity index (χ3v) is 7.27. The average molecular weight is 532 g/mol. The van der Waals surface area contributed by atoms with Crippen molar-refractivity contribution in [1.82, 2.24) is 4.90 Å². The van der Waals surface area contributed by atoms with Crippen LogP contribution in [0, 0.1) is 6.92 Å². The molecule has 0 aromatic heterocycles. The highest BCUT2D eigenvalue weighted by Crippen LogP contribution is 2.25. The highest BCUT2D eigenvalue weighted by Gasteiger charge is 2.34. The van der Waals surface area contributed by atoms with Crippen LogP contribution in [0.25, 0.3) is 0 Å². The largest absolute Gasteiger partial charge is 0.327 e. The lowest BCUT2D eigenvalue weighted by molar-refractivity contribution is -0.119. The third-order valence-electron chi connectivity index (χ3n) is 6.86. The van der Waals surface area contributed by atoms with E-state index in [0.29, 0.717) is 41.3 Å². The number of likely N-dealkylation sites (tertiary alicyclic amines) is 1. The average Bonchev–Trinajstić information content (AvgIpc) is 3.41. The van der Waals surface area contributed by atoms with Crippen molar-refractivity contribution in [3.8, 4) is 0 Å². The first-order valence-electron chi connectivity index (χ1n) is 13.2. The fourth-order valence-electron chi connectivity index (χ4n) is 4.73. The summed E-state index contributed by atoms with van der Waals surface area (Å²) in [4.78, 5) is 40.4. The molecular formula is C31H34ClN3O3. The normalized spacial score (nSPS) is 14.8. The van der Waals surface area contributed by atoms with Gasteiger partial charge in [-0.25, -0.2) is 0 Å². The van der Waals surface area contributed by atoms with Gasteiger partial charge in [0, 0.05) is 34.9 Å². The van der Waals surface area contributed by atoms with E-state index in [9.17, 15) is 14.4 Å². The fraction of sp³-hybridized carbons (Fsp3) is 0.323. The van der Waals surface area contributed by atoms with Gasteiger partial charge in [-0.05, 0) is 80.5 Å². The SMILES string of the molecule is Cc1ccc(NC(=O)[C@@H]2CCCN2C(=O)c2cccc(NC(=O)CCCCCc3ccccc3)c2)cc1Cl. The number of halogens is 1. The molecule has 38 heavy (non-hydrogen) atoms. The molecule has 0 bridgehead atoms. The summed E-state index contributed by atoms with van der Waals surface area (Å²) >= 11 is 6.19. The van der Waals surface area contributed by atoms with Crippen LogP contribution in [0.5, 0.6) is 0 Å². The Morgan fingerprint density at radius 1 is 0.895 bits per heavy atom. The van der Waals surface area contributed by atoms with Crippen LogP contribution in [0.1, 0.15) is 60.0 Å². The van der Waals surface area contributed by atoms with Crippen LogP contribution in [0.4, 0.5) is 11.4 Å². The minimum absolute atomic E-state index is 0.0653. The molecule has 1 aliphatic rings. The lowest BCUT2D eigenvalue weighted by Gasteiger charge is -2.24. The lowest BCUT2D eigenvalue weighted by Crippen LogP contribution is -2.43. The second-order valence-electron chi connectivity index (χ2n) is 9.79. The second-order valence-corrected chi connectivity index (χ2v) is 10.2. The Balaban J connectivity index is 1.28. The van der Waals surface area contributed by atoms with Crippen molar-refractivity contribution in [2.75, 3.05) is 17.2 Å². The monoisotopic (exact) mass is 531 g/mol. The van der Waals surface area contributed by atoms with Crippen LogP contribution >= 0.6 is 11.6 Å². The molecule has 0 radical (unpaired) electrons. The lowest BCUT2D eigenvalue weighted by atomic mass is 10.1. The summed E-state index contributed by atoms with van der Waals surface area (Å²) in [6, 6.07) is 22.1. The topological polar surface area (TPSA) is 78.5 Å².